The van der Waals surface area contributed by atoms with E-state index in [0.29, 0.717) is 13.2 Å². The fourth-order valence-electron chi connectivity index (χ4n) is 2.35. The van der Waals surface area contributed by atoms with Gasteiger partial charge in [-0.05, 0) is 12.5 Å². The Hall–Kier alpha value is -1.23. The number of methoxy groups -OCH3 is 1. The number of fused-ring (bicyclic) bond motifs is 2. The van der Waals surface area contributed by atoms with Gasteiger partial charge in [-0.2, -0.15) is 0 Å². The molecule has 4 nitrogen and oxygen atoms in total. The fraction of sp³-hybridized carbons (Fsp3) is 0.533. The second-order valence-electron chi connectivity index (χ2n) is 4.65. The maximum atomic E-state index is 12.0. The van der Waals surface area contributed by atoms with Crippen LogP contribution >= 0.6 is 0 Å². The summed E-state index contributed by atoms with van der Waals surface area (Å²) in [7, 11) is 1.63. The number of ketones is 1. The van der Waals surface area contributed by atoms with Crippen LogP contribution in [0.4, 0.5) is 0 Å². The molecule has 0 aromatic heterocycles. The maximum absolute atomic E-state index is 12.0. The lowest BCUT2D eigenvalue weighted by Gasteiger charge is -2.26. The van der Waals surface area contributed by atoms with Crippen molar-refractivity contribution >= 4 is 5.78 Å². The van der Waals surface area contributed by atoms with Crippen LogP contribution < -0.4 is 0 Å². The third kappa shape index (κ3) is 3.86. The minimum atomic E-state index is -0.218. The first-order valence-electron chi connectivity index (χ1n) is 6.56. The second kappa shape index (κ2) is 7.38. The van der Waals surface area contributed by atoms with Crippen LogP contribution in [0.25, 0.3) is 0 Å². The summed E-state index contributed by atoms with van der Waals surface area (Å²) >= 11 is 0. The van der Waals surface area contributed by atoms with Crippen LogP contribution in [0.1, 0.15) is 6.42 Å². The molecule has 3 atom stereocenters. The summed E-state index contributed by atoms with van der Waals surface area (Å²) < 4.78 is 16.0. The molecule has 19 heavy (non-hydrogen) atoms. The zero-order chi connectivity index (χ0) is 13.5. The zero-order valence-corrected chi connectivity index (χ0v) is 11.2. The highest BCUT2D eigenvalue weighted by Gasteiger charge is 2.33. The van der Waals surface area contributed by atoms with Crippen LogP contribution in [0, 0.1) is 11.8 Å². The van der Waals surface area contributed by atoms with E-state index in [1.54, 1.807) is 13.2 Å². The van der Waals surface area contributed by atoms with Gasteiger partial charge in [0.2, 0.25) is 0 Å². The molecule has 0 spiro atoms. The van der Waals surface area contributed by atoms with Crippen molar-refractivity contribution in [1.29, 1.82) is 0 Å². The summed E-state index contributed by atoms with van der Waals surface area (Å²) in [6, 6.07) is 0. The Balaban J connectivity index is 1.95. The number of ether oxygens (including phenoxy) is 3. The minimum absolute atomic E-state index is 0.101. The highest BCUT2D eigenvalue weighted by atomic mass is 16.7. The Kier molecular flexibility index (Phi) is 5.51. The van der Waals surface area contributed by atoms with Gasteiger partial charge in [-0.1, -0.05) is 30.4 Å². The summed E-state index contributed by atoms with van der Waals surface area (Å²) in [5.41, 5.74) is 0. The molecule has 0 radical (unpaired) electrons. The van der Waals surface area contributed by atoms with Crippen molar-refractivity contribution < 1.29 is 19.0 Å². The molecule has 0 unspecified atom stereocenters. The first-order valence-corrected chi connectivity index (χ1v) is 6.56. The first kappa shape index (κ1) is 14.2. The first-order chi connectivity index (χ1) is 9.33. The molecule has 0 amide bonds. The topological polar surface area (TPSA) is 44.8 Å². The van der Waals surface area contributed by atoms with Crippen molar-refractivity contribution in [3.63, 3.8) is 0 Å². The average Bonchev–Trinajstić information content (AvgIpc) is 2.69. The molecule has 0 heterocycles. The highest BCUT2D eigenvalue weighted by Crippen LogP contribution is 2.29. The van der Waals surface area contributed by atoms with Gasteiger partial charge in [0, 0.05) is 13.0 Å². The number of carbonyl (C=O) groups excluding carboxylic acids is 1. The number of hydrogen-bond donors (Lipinski definition) is 0. The summed E-state index contributed by atoms with van der Waals surface area (Å²) in [5.74, 6) is 0.0999. The fourth-order valence-corrected chi connectivity index (χ4v) is 2.35. The molecule has 104 valence electrons. The standard InChI is InChI=1S/C15H20O4/c1-17-9-10-18-11-19-15-12-5-2-3-7-13(15)14(16)8-4-6-12/h2-5,7-8,12-13,15H,6,9-11H2,1H3/t12-,13+,15-/m0/s1. The summed E-state index contributed by atoms with van der Waals surface area (Å²) in [6.07, 6.45) is 12.2. The van der Waals surface area contributed by atoms with Gasteiger partial charge in [-0.3, -0.25) is 4.79 Å². The van der Waals surface area contributed by atoms with Gasteiger partial charge in [-0.15, -0.1) is 0 Å². The molecule has 0 saturated heterocycles. The zero-order valence-electron chi connectivity index (χ0n) is 11.2. The molecular weight excluding hydrogens is 244 g/mol. The van der Waals surface area contributed by atoms with Crippen LogP contribution in [0.5, 0.6) is 0 Å². The molecule has 2 rings (SSSR count). The van der Waals surface area contributed by atoms with Gasteiger partial charge < -0.3 is 14.2 Å². The molecule has 4 heteroatoms. The van der Waals surface area contributed by atoms with Gasteiger partial charge in [-0.25, -0.2) is 0 Å². The minimum Gasteiger partial charge on any atom is -0.382 e. The van der Waals surface area contributed by atoms with E-state index >= 15 is 0 Å². The predicted molar refractivity (Wildman–Crippen MR) is 71.6 cm³/mol. The molecule has 0 aromatic carbocycles. The lowest BCUT2D eigenvalue weighted by atomic mass is 9.89. The molecule has 2 aliphatic carbocycles. The Morgan fingerprint density at radius 2 is 2.11 bits per heavy atom. The maximum Gasteiger partial charge on any atom is 0.164 e. The molecule has 0 N–H and O–H groups in total. The predicted octanol–water partition coefficient (Wildman–Crippen LogP) is 1.88. The highest BCUT2D eigenvalue weighted by molar-refractivity contribution is 5.94. The molecule has 2 bridgehead atoms. The van der Waals surface area contributed by atoms with Crippen molar-refractivity contribution in [2.75, 3.05) is 27.1 Å². The van der Waals surface area contributed by atoms with Crippen LogP contribution in [0.3, 0.4) is 0 Å². The van der Waals surface area contributed by atoms with Crippen molar-refractivity contribution in [2.24, 2.45) is 11.8 Å². The molecule has 0 aliphatic heterocycles. The molecule has 2 aliphatic rings. The Morgan fingerprint density at radius 3 is 2.95 bits per heavy atom. The molecular formula is C15H20O4. The normalized spacial score (nSPS) is 29.3. The van der Waals surface area contributed by atoms with E-state index in [0.717, 1.165) is 6.42 Å². The van der Waals surface area contributed by atoms with Crippen molar-refractivity contribution in [3.05, 3.63) is 36.5 Å². The summed E-state index contributed by atoms with van der Waals surface area (Å²) in [5, 5.41) is 0. The van der Waals surface area contributed by atoms with Gasteiger partial charge in [0.15, 0.2) is 5.78 Å². The SMILES string of the molecule is COCCOCO[C@@H]1[C@@H]2C=CC=C[C@H]1CC=CC2=O. The Bertz CT molecular complexity index is 384. The Morgan fingerprint density at radius 1 is 1.26 bits per heavy atom. The number of allylic oxidation sites excluding steroid dienone is 4. The third-order valence-electron chi connectivity index (χ3n) is 3.36. The van der Waals surface area contributed by atoms with Crippen molar-refractivity contribution in [1.82, 2.24) is 0 Å². The van der Waals surface area contributed by atoms with E-state index in [9.17, 15) is 4.79 Å². The van der Waals surface area contributed by atoms with E-state index in [2.05, 4.69) is 6.08 Å². The number of hydrogen-bond acceptors (Lipinski definition) is 4. The van der Waals surface area contributed by atoms with Gasteiger partial charge in [0.05, 0.1) is 25.2 Å². The quantitative estimate of drug-likeness (QED) is 0.543. The van der Waals surface area contributed by atoms with E-state index in [1.165, 1.54) is 0 Å². The van der Waals surface area contributed by atoms with E-state index in [4.69, 9.17) is 14.2 Å². The molecule has 0 aromatic rings. The van der Waals surface area contributed by atoms with E-state index in [1.807, 2.05) is 24.3 Å². The van der Waals surface area contributed by atoms with Crippen LogP contribution in [0.15, 0.2) is 36.5 Å². The van der Waals surface area contributed by atoms with Crippen LogP contribution in [0.2, 0.25) is 0 Å². The van der Waals surface area contributed by atoms with Crippen molar-refractivity contribution in [2.45, 2.75) is 12.5 Å². The third-order valence-corrected chi connectivity index (χ3v) is 3.36. The Labute approximate surface area is 113 Å². The van der Waals surface area contributed by atoms with E-state index in [-0.39, 0.29) is 30.5 Å². The lowest BCUT2D eigenvalue weighted by molar-refractivity contribution is -0.135. The van der Waals surface area contributed by atoms with Crippen LogP contribution in [-0.2, 0) is 19.0 Å². The van der Waals surface area contributed by atoms with Crippen molar-refractivity contribution in [3.8, 4) is 0 Å². The lowest BCUT2D eigenvalue weighted by Crippen LogP contribution is -2.33. The van der Waals surface area contributed by atoms with Gasteiger partial charge in [0.25, 0.3) is 0 Å². The molecule has 0 fully saturated rings. The van der Waals surface area contributed by atoms with Gasteiger partial charge >= 0.3 is 0 Å². The number of carbonyl (C=O) groups is 1. The monoisotopic (exact) mass is 264 g/mol. The second-order valence-corrected chi connectivity index (χ2v) is 4.65. The summed E-state index contributed by atoms with van der Waals surface area (Å²) in [6.45, 7) is 1.23. The molecule has 0 saturated carbocycles. The van der Waals surface area contributed by atoms with Gasteiger partial charge in [0.1, 0.15) is 6.79 Å². The van der Waals surface area contributed by atoms with Crippen LogP contribution in [-0.4, -0.2) is 39.0 Å². The summed E-state index contributed by atoms with van der Waals surface area (Å²) in [4.78, 5) is 12.0. The smallest absolute Gasteiger partial charge is 0.164 e. The number of rotatable bonds is 6. The largest absolute Gasteiger partial charge is 0.382 e. The van der Waals surface area contributed by atoms with E-state index < -0.39 is 0 Å². The average molecular weight is 264 g/mol.